The largest absolute Gasteiger partial charge is 0.310 e. The highest BCUT2D eigenvalue weighted by Gasteiger charge is 2.05. The molecule has 0 unspecified atom stereocenters. The normalized spacial score (nSPS) is 10.2. The van der Waals surface area contributed by atoms with E-state index in [0.717, 1.165) is 17.1 Å². The van der Waals surface area contributed by atoms with Gasteiger partial charge in [-0.1, -0.05) is 13.0 Å². The van der Waals surface area contributed by atoms with Gasteiger partial charge in [-0.05, 0) is 35.1 Å². The first-order valence-corrected chi connectivity index (χ1v) is 7.65. The molecule has 0 spiro atoms. The quantitative estimate of drug-likeness (QED) is 0.887. The van der Waals surface area contributed by atoms with Gasteiger partial charge in [0.1, 0.15) is 5.82 Å². The first kappa shape index (κ1) is 14.5. The first-order chi connectivity index (χ1) is 9.78. The number of carbonyl (C=O) groups is 1. The molecule has 0 bridgehead atoms. The summed E-state index contributed by atoms with van der Waals surface area (Å²) in [4.78, 5) is 20.1. The van der Waals surface area contributed by atoms with Gasteiger partial charge in [-0.3, -0.25) is 9.78 Å². The Bertz CT molecular complexity index is 560. The van der Waals surface area contributed by atoms with Gasteiger partial charge in [0.15, 0.2) is 0 Å². The van der Waals surface area contributed by atoms with Crippen molar-refractivity contribution in [3.05, 3.63) is 54.0 Å². The van der Waals surface area contributed by atoms with Gasteiger partial charge in [-0.2, -0.15) is 11.8 Å². The second-order valence-electron chi connectivity index (χ2n) is 4.27. The van der Waals surface area contributed by atoms with E-state index in [1.54, 1.807) is 18.6 Å². The molecular weight excluding hydrogens is 270 g/mol. The fourth-order valence-electron chi connectivity index (χ4n) is 1.73. The average Bonchev–Trinajstić information content (AvgIpc) is 2.46. The Morgan fingerprint density at radius 3 is 2.95 bits per heavy atom. The van der Waals surface area contributed by atoms with Crippen molar-refractivity contribution in [2.24, 2.45) is 0 Å². The van der Waals surface area contributed by atoms with E-state index in [1.165, 1.54) is 5.56 Å². The summed E-state index contributed by atoms with van der Waals surface area (Å²) in [6.07, 6.45) is 5.42. The molecule has 0 atom stereocenters. The van der Waals surface area contributed by atoms with Crippen molar-refractivity contribution in [3.63, 3.8) is 0 Å². The number of carbonyl (C=O) groups excluding carboxylic acids is 1. The van der Waals surface area contributed by atoms with Crippen molar-refractivity contribution in [2.45, 2.75) is 19.1 Å². The molecule has 0 radical (unpaired) electrons. The Morgan fingerprint density at radius 2 is 2.20 bits per heavy atom. The van der Waals surface area contributed by atoms with Crippen LogP contribution in [0.4, 0.5) is 5.82 Å². The molecule has 0 aliphatic rings. The molecule has 5 heteroatoms. The molecule has 2 aromatic rings. The average molecular weight is 287 g/mol. The van der Waals surface area contributed by atoms with Crippen LogP contribution in [-0.2, 0) is 17.0 Å². The van der Waals surface area contributed by atoms with Gasteiger partial charge in [0.2, 0.25) is 5.91 Å². The van der Waals surface area contributed by atoms with Crippen molar-refractivity contribution in [1.82, 2.24) is 9.97 Å². The zero-order valence-corrected chi connectivity index (χ0v) is 12.2. The molecule has 0 fully saturated rings. The SMILES string of the molecule is CCSCc1ccnc(NC(=O)Cc2cccnc2)c1. The van der Waals surface area contributed by atoms with Crippen molar-refractivity contribution >= 4 is 23.5 Å². The molecule has 20 heavy (non-hydrogen) atoms. The summed E-state index contributed by atoms with van der Waals surface area (Å²) in [6, 6.07) is 7.60. The number of aromatic nitrogens is 2. The third kappa shape index (κ3) is 4.66. The molecule has 104 valence electrons. The Hall–Kier alpha value is -1.88. The highest BCUT2D eigenvalue weighted by molar-refractivity contribution is 7.98. The Labute approximate surface area is 123 Å². The second kappa shape index (κ2) is 7.65. The second-order valence-corrected chi connectivity index (χ2v) is 5.55. The van der Waals surface area contributed by atoms with Gasteiger partial charge in [-0.15, -0.1) is 0 Å². The van der Waals surface area contributed by atoms with E-state index in [9.17, 15) is 4.79 Å². The molecule has 0 aliphatic heterocycles. The van der Waals surface area contributed by atoms with Crippen LogP contribution in [0.5, 0.6) is 0 Å². The fourth-order valence-corrected chi connectivity index (χ4v) is 2.35. The molecule has 1 N–H and O–H groups in total. The number of hydrogen-bond acceptors (Lipinski definition) is 4. The van der Waals surface area contributed by atoms with Crippen molar-refractivity contribution in [2.75, 3.05) is 11.1 Å². The lowest BCUT2D eigenvalue weighted by atomic mass is 10.2. The predicted molar refractivity (Wildman–Crippen MR) is 82.6 cm³/mol. The smallest absolute Gasteiger partial charge is 0.230 e. The molecule has 0 aromatic carbocycles. The monoisotopic (exact) mass is 287 g/mol. The van der Waals surface area contributed by atoms with Crippen LogP contribution in [0.3, 0.4) is 0 Å². The lowest BCUT2D eigenvalue weighted by molar-refractivity contribution is -0.115. The van der Waals surface area contributed by atoms with Gasteiger partial charge in [0.25, 0.3) is 0 Å². The third-order valence-electron chi connectivity index (χ3n) is 2.65. The van der Waals surface area contributed by atoms with E-state index in [2.05, 4.69) is 22.2 Å². The maximum absolute atomic E-state index is 11.9. The van der Waals surface area contributed by atoms with E-state index >= 15 is 0 Å². The number of amides is 1. The summed E-state index contributed by atoms with van der Waals surface area (Å²) >= 11 is 1.84. The maximum Gasteiger partial charge on any atom is 0.230 e. The van der Waals surface area contributed by atoms with Crippen LogP contribution < -0.4 is 5.32 Å². The van der Waals surface area contributed by atoms with Crippen molar-refractivity contribution in [1.29, 1.82) is 0 Å². The molecule has 0 aliphatic carbocycles. The lowest BCUT2D eigenvalue weighted by Crippen LogP contribution is -2.15. The summed E-state index contributed by atoms with van der Waals surface area (Å²) < 4.78 is 0. The van der Waals surface area contributed by atoms with Crippen LogP contribution in [-0.4, -0.2) is 21.6 Å². The van der Waals surface area contributed by atoms with Crippen LogP contribution >= 0.6 is 11.8 Å². The van der Waals surface area contributed by atoms with Crippen molar-refractivity contribution < 1.29 is 4.79 Å². The summed E-state index contributed by atoms with van der Waals surface area (Å²) in [5.41, 5.74) is 2.06. The number of anilines is 1. The molecule has 1 amide bonds. The van der Waals surface area contributed by atoms with Crippen LogP contribution in [0.1, 0.15) is 18.1 Å². The summed E-state index contributed by atoms with van der Waals surface area (Å²) in [5, 5.41) is 2.82. The van der Waals surface area contributed by atoms with E-state index in [0.29, 0.717) is 12.2 Å². The van der Waals surface area contributed by atoms with Crippen LogP contribution in [0.25, 0.3) is 0 Å². The molecule has 2 aromatic heterocycles. The summed E-state index contributed by atoms with van der Waals surface area (Å²) in [7, 11) is 0. The minimum atomic E-state index is -0.0780. The minimum absolute atomic E-state index is 0.0780. The first-order valence-electron chi connectivity index (χ1n) is 6.49. The lowest BCUT2D eigenvalue weighted by Gasteiger charge is -2.06. The fraction of sp³-hybridized carbons (Fsp3) is 0.267. The van der Waals surface area contributed by atoms with Crippen LogP contribution in [0, 0.1) is 0 Å². The number of pyridine rings is 2. The number of nitrogens with one attached hydrogen (secondary N) is 1. The van der Waals surface area contributed by atoms with Gasteiger partial charge < -0.3 is 5.32 Å². The predicted octanol–water partition coefficient (Wildman–Crippen LogP) is 2.91. The Morgan fingerprint density at radius 1 is 1.30 bits per heavy atom. The Kier molecular flexibility index (Phi) is 5.55. The summed E-state index contributed by atoms with van der Waals surface area (Å²) in [6.45, 7) is 2.13. The number of nitrogens with zero attached hydrogens (tertiary/aromatic N) is 2. The molecule has 2 heterocycles. The molecule has 0 saturated carbocycles. The minimum Gasteiger partial charge on any atom is -0.310 e. The van der Waals surface area contributed by atoms with Crippen molar-refractivity contribution in [3.8, 4) is 0 Å². The van der Waals surface area contributed by atoms with E-state index in [4.69, 9.17) is 0 Å². The summed E-state index contributed by atoms with van der Waals surface area (Å²) in [5.74, 6) is 2.54. The number of thioether (sulfide) groups is 1. The van der Waals surface area contributed by atoms with E-state index in [1.807, 2.05) is 36.0 Å². The highest BCUT2D eigenvalue weighted by atomic mass is 32.2. The standard InChI is InChI=1S/C15H17N3OS/c1-2-20-11-13-5-7-17-14(8-13)18-15(19)9-12-4-3-6-16-10-12/h3-8,10H,2,9,11H2,1H3,(H,17,18,19). The molecular formula is C15H17N3OS. The van der Waals surface area contributed by atoms with E-state index in [-0.39, 0.29) is 5.91 Å². The van der Waals surface area contributed by atoms with Gasteiger partial charge in [-0.25, -0.2) is 4.98 Å². The van der Waals surface area contributed by atoms with Crippen LogP contribution in [0.2, 0.25) is 0 Å². The third-order valence-corrected chi connectivity index (χ3v) is 3.60. The van der Waals surface area contributed by atoms with Gasteiger partial charge >= 0.3 is 0 Å². The van der Waals surface area contributed by atoms with Crippen LogP contribution in [0.15, 0.2) is 42.9 Å². The van der Waals surface area contributed by atoms with E-state index < -0.39 is 0 Å². The highest BCUT2D eigenvalue weighted by Crippen LogP contribution is 2.14. The topological polar surface area (TPSA) is 54.9 Å². The Balaban J connectivity index is 1.94. The molecule has 4 nitrogen and oxygen atoms in total. The zero-order valence-electron chi connectivity index (χ0n) is 11.4. The maximum atomic E-state index is 11.9. The number of hydrogen-bond donors (Lipinski definition) is 1. The molecule has 2 rings (SSSR count). The van der Waals surface area contributed by atoms with Gasteiger partial charge in [0, 0.05) is 24.3 Å². The molecule has 0 saturated heterocycles. The number of rotatable bonds is 6. The zero-order chi connectivity index (χ0) is 14.2. The van der Waals surface area contributed by atoms with Gasteiger partial charge in [0.05, 0.1) is 6.42 Å².